The van der Waals surface area contributed by atoms with E-state index in [1.54, 1.807) is 0 Å². The maximum Gasteiger partial charge on any atom is 0.0404 e. The molecule has 0 aliphatic rings. The second-order valence-electron chi connectivity index (χ2n) is 12.8. The molecule has 48 heavy (non-hydrogen) atoms. The number of benzene rings is 6. The molecule has 0 amide bonds. The van der Waals surface area contributed by atoms with Gasteiger partial charge in [0.1, 0.15) is 0 Å². The molecule has 0 fully saturated rings. The third kappa shape index (κ3) is 7.21. The van der Waals surface area contributed by atoms with Crippen LogP contribution in [0.5, 0.6) is 0 Å². The lowest BCUT2D eigenvalue weighted by atomic mass is 9.89. The van der Waals surface area contributed by atoms with Gasteiger partial charge in [-0.3, -0.25) is 0 Å². The Balaban J connectivity index is 1.37. The Morgan fingerprint density at radius 2 is 0.688 bits per heavy atom. The molecule has 2 heteroatoms. The molecule has 6 aromatic carbocycles. The Morgan fingerprint density at radius 3 is 1.00 bits per heavy atom. The van der Waals surface area contributed by atoms with Crippen LogP contribution in [0.25, 0.3) is 44.5 Å². The standard InChI is InChI=1S/C46H46S2/c1-7-45(41-27-25-35(37-21-13-9-17-31(37)3)29-43(41)39-23-15-11-19-33(39)5)47-48-46(8-2)42-28-26-36(38-22-14-10-18-32(38)4)30-44(42)40-24-16-12-20-34(40)6/h9-30,45-46H,7-8H2,1-6H3/t45-,46-/m1/s1. The molecule has 0 unspecified atom stereocenters. The molecule has 0 nitrogen and oxygen atoms in total. The van der Waals surface area contributed by atoms with Crippen molar-refractivity contribution >= 4 is 21.6 Å². The van der Waals surface area contributed by atoms with Gasteiger partial charge in [0.05, 0.1) is 0 Å². The second kappa shape index (κ2) is 15.5. The van der Waals surface area contributed by atoms with Crippen molar-refractivity contribution in [3.05, 3.63) is 167 Å². The van der Waals surface area contributed by atoms with E-state index < -0.39 is 0 Å². The van der Waals surface area contributed by atoms with Gasteiger partial charge in [-0.1, -0.05) is 157 Å². The summed E-state index contributed by atoms with van der Waals surface area (Å²) in [5, 5.41) is 0.718. The predicted molar refractivity (Wildman–Crippen MR) is 215 cm³/mol. The van der Waals surface area contributed by atoms with E-state index >= 15 is 0 Å². The van der Waals surface area contributed by atoms with E-state index in [1.165, 1.54) is 77.9 Å². The zero-order chi connectivity index (χ0) is 33.6. The zero-order valence-electron chi connectivity index (χ0n) is 29.1. The first-order valence-corrected chi connectivity index (χ1v) is 19.5. The topological polar surface area (TPSA) is 0 Å². The summed E-state index contributed by atoms with van der Waals surface area (Å²) in [5.74, 6) is 0. The highest BCUT2D eigenvalue weighted by Crippen LogP contribution is 2.52. The number of hydrogen-bond donors (Lipinski definition) is 0. The lowest BCUT2D eigenvalue weighted by Gasteiger charge is -2.25. The summed E-state index contributed by atoms with van der Waals surface area (Å²) in [6.07, 6.45) is 2.13. The van der Waals surface area contributed by atoms with Gasteiger partial charge in [0, 0.05) is 10.5 Å². The largest absolute Gasteiger partial charge is 0.0853 e. The van der Waals surface area contributed by atoms with Crippen LogP contribution >= 0.6 is 21.6 Å². The molecule has 0 saturated heterocycles. The van der Waals surface area contributed by atoms with Gasteiger partial charge in [0.2, 0.25) is 0 Å². The molecule has 0 radical (unpaired) electrons. The fourth-order valence-corrected chi connectivity index (χ4v) is 10.2. The van der Waals surface area contributed by atoms with Crippen LogP contribution in [0.1, 0.15) is 70.6 Å². The maximum absolute atomic E-state index is 2.44. The molecule has 6 aromatic rings. The van der Waals surface area contributed by atoms with Crippen molar-refractivity contribution in [3.8, 4) is 44.5 Å². The summed E-state index contributed by atoms with van der Waals surface area (Å²) >= 11 is 0. The van der Waals surface area contributed by atoms with Crippen LogP contribution in [0.4, 0.5) is 0 Å². The lowest BCUT2D eigenvalue weighted by Crippen LogP contribution is -2.00. The first-order valence-electron chi connectivity index (χ1n) is 17.2. The van der Waals surface area contributed by atoms with Gasteiger partial charge in [0.15, 0.2) is 0 Å². The lowest BCUT2D eigenvalue weighted by molar-refractivity contribution is 0.895. The minimum atomic E-state index is 0.359. The predicted octanol–water partition coefficient (Wildman–Crippen LogP) is 14.6. The maximum atomic E-state index is 2.44. The average Bonchev–Trinajstić information content (AvgIpc) is 3.11. The number of rotatable bonds is 11. The van der Waals surface area contributed by atoms with Crippen molar-refractivity contribution < 1.29 is 0 Å². The Hall–Kier alpha value is -3.98. The van der Waals surface area contributed by atoms with Crippen LogP contribution in [-0.4, -0.2) is 0 Å². The van der Waals surface area contributed by atoms with Gasteiger partial charge in [0.25, 0.3) is 0 Å². The smallest absolute Gasteiger partial charge is 0.0404 e. The van der Waals surface area contributed by atoms with Crippen LogP contribution in [0.15, 0.2) is 133 Å². The SMILES string of the molecule is CC[C@@H](SS[C@H](CC)c1ccc(-c2ccccc2C)cc1-c1ccccc1C)c1ccc(-c2ccccc2C)cc1-c1ccccc1C. The fourth-order valence-electron chi connectivity index (χ4n) is 6.83. The minimum Gasteiger partial charge on any atom is -0.0853 e. The summed E-state index contributed by atoms with van der Waals surface area (Å²) in [6.45, 7) is 13.6. The van der Waals surface area contributed by atoms with Crippen molar-refractivity contribution in [2.75, 3.05) is 0 Å². The van der Waals surface area contributed by atoms with E-state index in [9.17, 15) is 0 Å². The summed E-state index contributed by atoms with van der Waals surface area (Å²) in [7, 11) is 4.10. The molecule has 0 aliphatic carbocycles. The van der Waals surface area contributed by atoms with Crippen LogP contribution in [0.3, 0.4) is 0 Å². The van der Waals surface area contributed by atoms with Crippen molar-refractivity contribution in [2.45, 2.75) is 64.9 Å². The van der Waals surface area contributed by atoms with Crippen molar-refractivity contribution in [2.24, 2.45) is 0 Å². The molecule has 0 aromatic heterocycles. The first-order chi connectivity index (χ1) is 23.4. The van der Waals surface area contributed by atoms with Gasteiger partial charge >= 0.3 is 0 Å². The highest BCUT2D eigenvalue weighted by molar-refractivity contribution is 8.76. The Kier molecular flexibility index (Phi) is 10.9. The molecule has 242 valence electrons. The number of aryl methyl sites for hydroxylation is 4. The van der Waals surface area contributed by atoms with Crippen LogP contribution < -0.4 is 0 Å². The molecule has 0 aliphatic heterocycles. The molecule has 0 bridgehead atoms. The summed E-state index contributed by atoms with van der Waals surface area (Å²) < 4.78 is 0. The molecule has 2 atom stereocenters. The molecular formula is C46H46S2. The van der Waals surface area contributed by atoms with Crippen molar-refractivity contribution in [1.82, 2.24) is 0 Å². The van der Waals surface area contributed by atoms with E-state index in [0.717, 1.165) is 12.8 Å². The Morgan fingerprint density at radius 1 is 0.375 bits per heavy atom. The molecule has 0 N–H and O–H groups in total. The third-order valence-electron chi connectivity index (χ3n) is 9.61. The summed E-state index contributed by atoms with van der Waals surface area (Å²) in [5.41, 5.74) is 18.6. The van der Waals surface area contributed by atoms with Gasteiger partial charge in [-0.15, -0.1) is 0 Å². The van der Waals surface area contributed by atoms with Crippen molar-refractivity contribution in [3.63, 3.8) is 0 Å². The summed E-state index contributed by atoms with van der Waals surface area (Å²) in [4.78, 5) is 0. The molecule has 0 saturated carbocycles. The molecular weight excluding hydrogens is 617 g/mol. The quantitative estimate of drug-likeness (QED) is 0.127. The normalized spacial score (nSPS) is 12.5. The van der Waals surface area contributed by atoms with Crippen molar-refractivity contribution in [1.29, 1.82) is 0 Å². The van der Waals surface area contributed by atoms with E-state index in [4.69, 9.17) is 0 Å². The van der Waals surface area contributed by atoms with E-state index in [2.05, 4.69) is 175 Å². The van der Waals surface area contributed by atoms with E-state index in [-0.39, 0.29) is 0 Å². The molecule has 0 spiro atoms. The van der Waals surface area contributed by atoms with Crippen LogP contribution in [-0.2, 0) is 0 Å². The van der Waals surface area contributed by atoms with E-state index in [0.29, 0.717) is 10.5 Å². The van der Waals surface area contributed by atoms with Gasteiger partial charge in [-0.2, -0.15) is 0 Å². The second-order valence-corrected chi connectivity index (χ2v) is 15.5. The van der Waals surface area contributed by atoms with Crippen LogP contribution in [0.2, 0.25) is 0 Å². The highest BCUT2D eigenvalue weighted by Gasteiger charge is 2.23. The monoisotopic (exact) mass is 662 g/mol. The molecule has 0 heterocycles. The third-order valence-corrected chi connectivity index (χ3v) is 13.1. The number of hydrogen-bond acceptors (Lipinski definition) is 2. The average molecular weight is 663 g/mol. The van der Waals surface area contributed by atoms with Gasteiger partial charge < -0.3 is 0 Å². The summed E-state index contributed by atoms with van der Waals surface area (Å²) in [6, 6.07) is 49.5. The molecule has 6 rings (SSSR count). The van der Waals surface area contributed by atoms with Gasteiger partial charge in [-0.05, 0) is 131 Å². The Bertz CT molecular complexity index is 1870. The highest BCUT2D eigenvalue weighted by atomic mass is 33.1. The van der Waals surface area contributed by atoms with E-state index in [1.807, 2.05) is 21.6 Å². The fraction of sp³-hybridized carbons (Fsp3) is 0.217. The van der Waals surface area contributed by atoms with Crippen LogP contribution in [0, 0.1) is 27.7 Å². The zero-order valence-corrected chi connectivity index (χ0v) is 30.7. The first kappa shape index (κ1) is 33.9. The van der Waals surface area contributed by atoms with Gasteiger partial charge in [-0.25, -0.2) is 0 Å². The minimum absolute atomic E-state index is 0.359. The Labute approximate surface area is 296 Å².